The van der Waals surface area contributed by atoms with E-state index in [9.17, 15) is 4.79 Å². The van der Waals surface area contributed by atoms with E-state index in [0.717, 1.165) is 34.6 Å². The van der Waals surface area contributed by atoms with Gasteiger partial charge in [0.1, 0.15) is 11.6 Å². The molecule has 0 saturated heterocycles. The molecule has 0 aromatic carbocycles. The Kier molecular flexibility index (Phi) is 5.24. The minimum atomic E-state index is -0.0400. The summed E-state index contributed by atoms with van der Waals surface area (Å²) in [4.78, 5) is 32.0. The highest BCUT2D eigenvalue weighted by atomic mass is 35.5. The molecule has 32 heavy (non-hydrogen) atoms. The molecule has 9 nitrogen and oxygen atoms in total. The number of hydrogen-bond donors (Lipinski definition) is 1. The van der Waals surface area contributed by atoms with E-state index in [2.05, 4.69) is 30.4 Å². The van der Waals surface area contributed by atoms with E-state index in [1.54, 1.807) is 46.6 Å². The molecule has 1 N–H and O–H groups in total. The Balaban J connectivity index is 1.36. The summed E-state index contributed by atoms with van der Waals surface area (Å²) in [6, 6.07) is 7.48. The van der Waals surface area contributed by atoms with Gasteiger partial charge in [0.05, 0.1) is 23.3 Å². The number of carbonyl (C=O) groups excluding carboxylic acids is 1. The number of aryl methyl sites for hydroxylation is 1. The summed E-state index contributed by atoms with van der Waals surface area (Å²) in [6.45, 7) is 0.588. The Bertz CT molecular complexity index is 1300. The van der Waals surface area contributed by atoms with Crippen molar-refractivity contribution in [2.75, 3.05) is 16.8 Å². The first kappa shape index (κ1) is 20.1. The summed E-state index contributed by atoms with van der Waals surface area (Å²) in [6.07, 6.45) is 9.26. The maximum absolute atomic E-state index is 12.9. The largest absolute Gasteiger partial charge is 0.309 e. The van der Waals surface area contributed by atoms with E-state index in [1.807, 2.05) is 25.2 Å². The van der Waals surface area contributed by atoms with Crippen molar-refractivity contribution in [1.82, 2.24) is 29.7 Å². The second-order valence-electron chi connectivity index (χ2n) is 7.38. The summed E-state index contributed by atoms with van der Waals surface area (Å²) in [5.41, 5.74) is 3.38. The van der Waals surface area contributed by atoms with Crippen molar-refractivity contribution in [3.8, 4) is 11.3 Å². The van der Waals surface area contributed by atoms with Crippen molar-refractivity contribution in [2.45, 2.75) is 12.8 Å². The number of nitrogens with zero attached hydrogens (tertiary/aromatic N) is 7. The second kappa shape index (κ2) is 8.35. The summed E-state index contributed by atoms with van der Waals surface area (Å²) < 4.78 is 1.71. The van der Waals surface area contributed by atoms with Crippen LogP contribution < -0.4 is 10.2 Å². The van der Waals surface area contributed by atoms with Crippen LogP contribution in [0.4, 0.5) is 17.6 Å². The molecule has 1 amide bonds. The van der Waals surface area contributed by atoms with Crippen LogP contribution in [-0.4, -0.2) is 42.2 Å². The average molecular weight is 447 g/mol. The molecule has 1 aliphatic rings. The predicted molar refractivity (Wildman–Crippen MR) is 121 cm³/mol. The Labute approximate surface area is 189 Å². The molecule has 0 radical (unpaired) electrons. The molecule has 10 heteroatoms. The average Bonchev–Trinajstić information content (AvgIpc) is 3.41. The van der Waals surface area contributed by atoms with Gasteiger partial charge >= 0.3 is 0 Å². The minimum absolute atomic E-state index is 0.0400. The number of fused-ring (bicyclic) bond motifs is 1. The molecule has 160 valence electrons. The fourth-order valence-corrected chi connectivity index (χ4v) is 3.83. The van der Waals surface area contributed by atoms with Gasteiger partial charge in [-0.1, -0.05) is 11.6 Å². The van der Waals surface area contributed by atoms with E-state index >= 15 is 0 Å². The van der Waals surface area contributed by atoms with E-state index in [0.29, 0.717) is 23.3 Å². The molecule has 5 heterocycles. The molecule has 0 fully saturated rings. The fraction of sp³-hybridized carbons (Fsp3) is 0.182. The second-order valence-corrected chi connectivity index (χ2v) is 7.78. The highest BCUT2D eigenvalue weighted by Crippen LogP contribution is 2.30. The molecule has 1 aliphatic heterocycles. The van der Waals surface area contributed by atoms with Gasteiger partial charge in [0, 0.05) is 50.0 Å². The van der Waals surface area contributed by atoms with Gasteiger partial charge in [0.15, 0.2) is 0 Å². The fourth-order valence-electron chi connectivity index (χ4n) is 3.65. The number of aromatic nitrogens is 6. The summed E-state index contributed by atoms with van der Waals surface area (Å²) in [5.74, 6) is 1.91. The highest BCUT2D eigenvalue weighted by Gasteiger charge is 2.27. The highest BCUT2D eigenvalue weighted by molar-refractivity contribution is 6.31. The van der Waals surface area contributed by atoms with Crippen molar-refractivity contribution >= 4 is 35.1 Å². The molecule has 0 bridgehead atoms. The van der Waals surface area contributed by atoms with Crippen molar-refractivity contribution < 1.29 is 4.79 Å². The van der Waals surface area contributed by atoms with E-state index in [1.165, 1.54) is 0 Å². The maximum Gasteiger partial charge on any atom is 0.232 e. The van der Waals surface area contributed by atoms with Gasteiger partial charge in [-0.3, -0.25) is 19.4 Å². The quantitative estimate of drug-likeness (QED) is 0.502. The number of carbonyl (C=O) groups is 1. The van der Waals surface area contributed by atoms with Crippen LogP contribution in [0.2, 0.25) is 5.02 Å². The molecule has 0 unspecified atom stereocenters. The van der Waals surface area contributed by atoms with Gasteiger partial charge in [-0.05, 0) is 35.7 Å². The van der Waals surface area contributed by atoms with Crippen molar-refractivity contribution in [3.05, 3.63) is 71.4 Å². The van der Waals surface area contributed by atoms with Crippen molar-refractivity contribution in [3.63, 3.8) is 0 Å². The molecule has 0 spiro atoms. The standard InChI is InChI=1S/C22H19ClN8O/c1-30-19(4-8-27-30)29-22-25-7-3-18(28-22)16-10-15-5-9-31(21(15)26-12-16)20(32)11-14-2-6-24-13-17(14)23/h2-4,6-8,10,12-13H,5,9,11H2,1H3,(H,25,28,29). The zero-order valence-electron chi connectivity index (χ0n) is 17.2. The molecule has 4 aromatic heterocycles. The third-order valence-electron chi connectivity index (χ3n) is 5.31. The number of rotatable bonds is 5. The molecule has 4 aromatic rings. The van der Waals surface area contributed by atoms with Crippen LogP contribution in [0.15, 0.2) is 55.2 Å². The van der Waals surface area contributed by atoms with Crippen molar-refractivity contribution in [1.29, 1.82) is 0 Å². The molecule has 0 aliphatic carbocycles. The van der Waals surface area contributed by atoms with Crippen LogP contribution >= 0.6 is 11.6 Å². The first-order valence-electron chi connectivity index (χ1n) is 10.0. The van der Waals surface area contributed by atoms with Crippen LogP contribution in [0, 0.1) is 0 Å². The van der Waals surface area contributed by atoms with Crippen LogP contribution in [-0.2, 0) is 24.7 Å². The Hall–Kier alpha value is -3.85. The molecule has 0 saturated carbocycles. The Morgan fingerprint density at radius 3 is 2.88 bits per heavy atom. The summed E-state index contributed by atoms with van der Waals surface area (Å²) >= 11 is 6.16. The number of halogens is 1. The smallest absolute Gasteiger partial charge is 0.232 e. The van der Waals surface area contributed by atoms with E-state index < -0.39 is 0 Å². The van der Waals surface area contributed by atoms with Crippen molar-refractivity contribution in [2.24, 2.45) is 7.05 Å². The topological polar surface area (TPSA) is 102 Å². The van der Waals surface area contributed by atoms with Gasteiger partial charge in [-0.2, -0.15) is 5.10 Å². The lowest BCUT2D eigenvalue weighted by Crippen LogP contribution is -2.31. The van der Waals surface area contributed by atoms with Gasteiger partial charge < -0.3 is 5.32 Å². The van der Waals surface area contributed by atoms with Gasteiger partial charge in [0.2, 0.25) is 11.9 Å². The lowest BCUT2D eigenvalue weighted by atomic mass is 10.1. The number of nitrogens with one attached hydrogen (secondary N) is 1. The predicted octanol–water partition coefficient (Wildman–Crippen LogP) is 3.20. The van der Waals surface area contributed by atoms with Crippen LogP contribution in [0.5, 0.6) is 0 Å². The zero-order valence-corrected chi connectivity index (χ0v) is 18.0. The SMILES string of the molecule is Cn1nccc1Nc1nccc(-c2cnc3c(c2)CCN3C(=O)Cc2ccncc2Cl)n1. The number of anilines is 3. The molecule has 0 atom stereocenters. The lowest BCUT2D eigenvalue weighted by Gasteiger charge is -2.17. The molecular weight excluding hydrogens is 428 g/mol. The lowest BCUT2D eigenvalue weighted by molar-refractivity contribution is -0.117. The third-order valence-corrected chi connectivity index (χ3v) is 5.65. The first-order chi connectivity index (χ1) is 15.6. The van der Waals surface area contributed by atoms with Gasteiger partial charge in [-0.15, -0.1) is 0 Å². The van der Waals surface area contributed by atoms with Crippen LogP contribution in [0.3, 0.4) is 0 Å². The number of hydrogen-bond acceptors (Lipinski definition) is 7. The van der Waals surface area contributed by atoms with Crippen LogP contribution in [0.1, 0.15) is 11.1 Å². The number of pyridine rings is 2. The zero-order chi connectivity index (χ0) is 22.1. The van der Waals surface area contributed by atoms with E-state index in [-0.39, 0.29) is 12.3 Å². The monoisotopic (exact) mass is 446 g/mol. The Morgan fingerprint density at radius 2 is 2.06 bits per heavy atom. The summed E-state index contributed by atoms with van der Waals surface area (Å²) in [7, 11) is 1.84. The summed E-state index contributed by atoms with van der Waals surface area (Å²) in [5, 5.41) is 7.77. The van der Waals surface area contributed by atoms with Crippen LogP contribution in [0.25, 0.3) is 11.3 Å². The minimum Gasteiger partial charge on any atom is -0.309 e. The first-order valence-corrected chi connectivity index (χ1v) is 10.4. The third kappa shape index (κ3) is 3.90. The van der Waals surface area contributed by atoms with Gasteiger partial charge in [0.25, 0.3) is 0 Å². The molecule has 5 rings (SSSR count). The number of amides is 1. The molecular formula is C22H19ClN8O. The Morgan fingerprint density at radius 1 is 1.16 bits per heavy atom. The normalized spacial score (nSPS) is 12.6. The maximum atomic E-state index is 12.9. The van der Waals surface area contributed by atoms with E-state index in [4.69, 9.17) is 11.6 Å². The van der Waals surface area contributed by atoms with Gasteiger partial charge in [-0.25, -0.2) is 15.0 Å².